The lowest BCUT2D eigenvalue weighted by molar-refractivity contribution is 0.382. The molecule has 0 aromatic heterocycles. The Morgan fingerprint density at radius 1 is 0.661 bits per heavy atom. The summed E-state index contributed by atoms with van der Waals surface area (Å²) >= 11 is 0. The molecule has 2 aliphatic heterocycles. The molecule has 0 N–H and O–H groups in total. The van der Waals surface area contributed by atoms with Gasteiger partial charge in [-0.25, -0.2) is 0 Å². The SMILES string of the molecule is CC(C)(C)C1=CC(C2=CCC(N3C4=C(CCC=C4)Oc4ccccc43)C=C2)C2CCc3c(cc(C(C)(C)C)cc3-c3ccc(N4c5ccccc5Oc5ccccc54)cc3)C2=C1. The fourth-order valence-corrected chi connectivity index (χ4v) is 10.6. The van der Waals surface area contributed by atoms with Crippen LogP contribution in [-0.4, -0.2) is 6.04 Å². The first kappa shape index (κ1) is 38.6. The molecule has 0 radical (unpaired) electrons. The molecule has 62 heavy (non-hydrogen) atoms. The number of rotatable bonds is 4. The highest BCUT2D eigenvalue weighted by Crippen LogP contribution is 2.54. The molecule has 2 heterocycles. The van der Waals surface area contributed by atoms with Crippen LogP contribution in [0.3, 0.4) is 0 Å². The maximum atomic E-state index is 6.45. The van der Waals surface area contributed by atoms with Gasteiger partial charge in [-0.3, -0.25) is 0 Å². The lowest BCUT2D eigenvalue weighted by Crippen LogP contribution is -2.38. The van der Waals surface area contributed by atoms with E-state index in [4.69, 9.17) is 9.47 Å². The zero-order valence-electron chi connectivity index (χ0n) is 36.9. The average Bonchev–Trinajstić information content (AvgIpc) is 3.28. The van der Waals surface area contributed by atoms with Crippen LogP contribution in [0, 0.1) is 17.3 Å². The van der Waals surface area contributed by atoms with E-state index in [-0.39, 0.29) is 16.9 Å². The van der Waals surface area contributed by atoms with E-state index in [2.05, 4.69) is 191 Å². The van der Waals surface area contributed by atoms with E-state index in [9.17, 15) is 0 Å². The van der Waals surface area contributed by atoms with Crippen molar-refractivity contribution in [3.63, 3.8) is 0 Å². The van der Waals surface area contributed by atoms with Crippen molar-refractivity contribution in [2.75, 3.05) is 9.80 Å². The van der Waals surface area contributed by atoms with Gasteiger partial charge >= 0.3 is 0 Å². The summed E-state index contributed by atoms with van der Waals surface area (Å²) < 4.78 is 12.8. The van der Waals surface area contributed by atoms with Crippen molar-refractivity contribution >= 4 is 28.3 Å². The van der Waals surface area contributed by atoms with Gasteiger partial charge < -0.3 is 19.3 Å². The minimum atomic E-state index is -0.0141. The first-order valence-corrected chi connectivity index (χ1v) is 22.7. The van der Waals surface area contributed by atoms with Gasteiger partial charge in [0.05, 0.1) is 28.8 Å². The van der Waals surface area contributed by atoms with E-state index in [1.54, 1.807) is 0 Å². The molecule has 310 valence electrons. The van der Waals surface area contributed by atoms with Crippen LogP contribution in [0.2, 0.25) is 0 Å². The van der Waals surface area contributed by atoms with Gasteiger partial charge in [-0.1, -0.05) is 139 Å². The molecule has 5 aromatic rings. The van der Waals surface area contributed by atoms with Gasteiger partial charge in [0.15, 0.2) is 17.2 Å². The number of ether oxygens (including phenoxy) is 2. The Labute approximate surface area is 367 Å². The summed E-state index contributed by atoms with van der Waals surface area (Å²) in [4.78, 5) is 4.85. The first-order valence-electron chi connectivity index (χ1n) is 22.7. The minimum Gasteiger partial charge on any atom is -0.457 e. The molecule has 11 rings (SSSR count). The molecule has 4 nitrogen and oxygen atoms in total. The van der Waals surface area contributed by atoms with Crippen molar-refractivity contribution in [1.82, 2.24) is 0 Å². The van der Waals surface area contributed by atoms with Gasteiger partial charge in [-0.05, 0) is 142 Å². The highest BCUT2D eigenvalue weighted by molar-refractivity contribution is 5.88. The van der Waals surface area contributed by atoms with Crippen molar-refractivity contribution in [3.05, 3.63) is 191 Å². The fraction of sp³-hybridized carbons (Fsp3) is 0.276. The van der Waals surface area contributed by atoms with Gasteiger partial charge in [0, 0.05) is 18.0 Å². The first-order chi connectivity index (χ1) is 30.0. The van der Waals surface area contributed by atoms with E-state index in [0.717, 1.165) is 77.9 Å². The Bertz CT molecular complexity index is 2770. The zero-order chi connectivity index (χ0) is 42.3. The van der Waals surface area contributed by atoms with E-state index in [1.165, 1.54) is 50.2 Å². The smallest absolute Gasteiger partial charge is 0.151 e. The Morgan fingerprint density at radius 3 is 1.98 bits per heavy atom. The molecule has 0 saturated heterocycles. The van der Waals surface area contributed by atoms with Crippen molar-refractivity contribution in [2.45, 2.75) is 85.1 Å². The number of hydrogen-bond donors (Lipinski definition) is 0. The number of allylic oxidation sites excluding steroid dienone is 9. The number of para-hydroxylation sites is 6. The predicted molar refractivity (Wildman–Crippen MR) is 257 cm³/mol. The predicted octanol–water partition coefficient (Wildman–Crippen LogP) is 15.5. The second-order valence-corrected chi connectivity index (χ2v) is 19.9. The third-order valence-electron chi connectivity index (χ3n) is 13.9. The summed E-state index contributed by atoms with van der Waals surface area (Å²) in [7, 11) is 0. The third kappa shape index (κ3) is 6.58. The van der Waals surface area contributed by atoms with Crippen molar-refractivity contribution < 1.29 is 9.47 Å². The topological polar surface area (TPSA) is 24.9 Å². The quantitative estimate of drug-likeness (QED) is 0.177. The summed E-state index contributed by atoms with van der Waals surface area (Å²) in [6.07, 6.45) is 22.3. The second kappa shape index (κ2) is 14.7. The van der Waals surface area contributed by atoms with Crippen LogP contribution in [0.1, 0.15) is 83.9 Å². The van der Waals surface area contributed by atoms with E-state index in [1.807, 2.05) is 12.1 Å². The van der Waals surface area contributed by atoms with Crippen molar-refractivity contribution in [3.8, 4) is 28.4 Å². The Hall–Kier alpha value is -6.26. The summed E-state index contributed by atoms with van der Waals surface area (Å²) in [5.41, 5.74) is 16.9. The molecule has 0 fully saturated rings. The third-order valence-corrected chi connectivity index (χ3v) is 13.9. The van der Waals surface area contributed by atoms with E-state index < -0.39 is 0 Å². The normalized spacial score (nSPS) is 21.2. The molecule has 0 amide bonds. The molecule has 5 aromatic carbocycles. The monoisotopic (exact) mass is 812 g/mol. The second-order valence-electron chi connectivity index (χ2n) is 19.9. The highest BCUT2D eigenvalue weighted by Gasteiger charge is 2.39. The maximum Gasteiger partial charge on any atom is 0.151 e. The van der Waals surface area contributed by atoms with Crippen LogP contribution in [-0.2, 0) is 11.8 Å². The lowest BCUT2D eigenvalue weighted by atomic mass is 9.63. The van der Waals surface area contributed by atoms with Crippen molar-refractivity contribution in [2.24, 2.45) is 17.3 Å². The Balaban J connectivity index is 0.953. The van der Waals surface area contributed by atoms with Gasteiger partial charge in [-0.2, -0.15) is 0 Å². The number of fused-ring (bicyclic) bond motifs is 6. The number of hydrogen-bond acceptors (Lipinski definition) is 4. The van der Waals surface area contributed by atoms with Crippen LogP contribution in [0.5, 0.6) is 17.2 Å². The molecular weight excluding hydrogens is 757 g/mol. The molecule has 3 unspecified atom stereocenters. The molecule has 4 aliphatic carbocycles. The molecule has 0 bridgehead atoms. The number of nitrogens with zero attached hydrogens (tertiary/aromatic N) is 2. The summed E-state index contributed by atoms with van der Waals surface area (Å²) in [5.74, 6) is 4.52. The van der Waals surface area contributed by atoms with Crippen LogP contribution >= 0.6 is 0 Å². The van der Waals surface area contributed by atoms with Crippen LogP contribution < -0.4 is 19.3 Å². The Morgan fingerprint density at radius 2 is 1.32 bits per heavy atom. The number of benzene rings is 5. The van der Waals surface area contributed by atoms with Gasteiger partial charge in [0.2, 0.25) is 0 Å². The summed E-state index contributed by atoms with van der Waals surface area (Å²) in [5, 5.41) is 0. The molecule has 6 aliphatic rings. The van der Waals surface area contributed by atoms with Gasteiger partial charge in [0.1, 0.15) is 5.76 Å². The summed E-state index contributed by atoms with van der Waals surface area (Å²) in [6, 6.07) is 39.7. The van der Waals surface area contributed by atoms with Crippen LogP contribution in [0.25, 0.3) is 16.7 Å². The minimum absolute atomic E-state index is 0.0139. The van der Waals surface area contributed by atoms with Gasteiger partial charge in [0.25, 0.3) is 0 Å². The van der Waals surface area contributed by atoms with Crippen LogP contribution in [0.15, 0.2) is 174 Å². The van der Waals surface area contributed by atoms with E-state index >= 15 is 0 Å². The van der Waals surface area contributed by atoms with Crippen LogP contribution in [0.4, 0.5) is 22.7 Å². The highest BCUT2D eigenvalue weighted by atomic mass is 16.5. The molecule has 3 atom stereocenters. The molecular formula is C58H56N2O2. The largest absolute Gasteiger partial charge is 0.457 e. The number of anilines is 4. The lowest BCUT2D eigenvalue weighted by Gasteiger charge is -2.42. The Kier molecular flexibility index (Phi) is 9.16. The standard InChI is InChI=1S/C58H56N2O2/c1-57(2,3)39-33-45(37-23-27-41(28-24-37)59-49-15-7-11-19-53(49)61-54-20-12-8-16-50(54)59)43-31-32-44-46(34-40(58(4,5)6)36-48(44)47(43)35-39)38-25-29-42(30-26-38)60-51-17-9-13-21-55(51)62-56-22-14-10-18-52(56)60/h7-13,15-21,23-29,33-36,42,44,46H,14,22,30-32H2,1-6H3. The molecule has 0 saturated carbocycles. The summed E-state index contributed by atoms with van der Waals surface area (Å²) in [6.45, 7) is 14.2. The fourth-order valence-electron chi connectivity index (χ4n) is 10.6. The van der Waals surface area contributed by atoms with Crippen molar-refractivity contribution in [1.29, 1.82) is 0 Å². The average molecular weight is 813 g/mol. The zero-order valence-corrected chi connectivity index (χ0v) is 36.9. The van der Waals surface area contributed by atoms with Gasteiger partial charge in [-0.15, -0.1) is 0 Å². The maximum absolute atomic E-state index is 6.45. The molecule has 0 spiro atoms. The van der Waals surface area contributed by atoms with E-state index in [0.29, 0.717) is 11.8 Å². The molecule has 4 heteroatoms.